The topological polar surface area (TPSA) is 67.1 Å². The molecule has 0 amide bonds. The largest absolute Gasteiger partial charge is 0.416 e. The minimum atomic E-state index is -4.36. The van der Waals surface area contributed by atoms with Gasteiger partial charge in [-0.3, -0.25) is 0 Å². The summed E-state index contributed by atoms with van der Waals surface area (Å²) in [4.78, 5) is 8.48. The molecule has 2 aromatic carbocycles. The second-order valence-corrected chi connectivity index (χ2v) is 6.66. The Balaban J connectivity index is 1.63. The normalized spacial score (nSPS) is 12.1. The Morgan fingerprint density at radius 2 is 1.80 bits per heavy atom. The lowest BCUT2D eigenvalue weighted by atomic mass is 10.1. The number of hydrogen-bond donors (Lipinski definition) is 2. The lowest BCUT2D eigenvalue weighted by molar-refractivity contribution is -0.137. The van der Waals surface area contributed by atoms with Gasteiger partial charge in [0.05, 0.1) is 18.7 Å². The van der Waals surface area contributed by atoms with Crippen LogP contribution in [0, 0.1) is 0 Å². The Morgan fingerprint density at radius 3 is 2.53 bits per heavy atom. The molecule has 30 heavy (non-hydrogen) atoms. The maximum atomic E-state index is 12.9. The Bertz CT molecular complexity index is 967. The highest BCUT2D eigenvalue weighted by molar-refractivity contribution is 5.79. The van der Waals surface area contributed by atoms with Crippen LogP contribution in [0.2, 0.25) is 0 Å². The van der Waals surface area contributed by atoms with Gasteiger partial charge >= 0.3 is 6.18 Å². The van der Waals surface area contributed by atoms with Gasteiger partial charge in [0.15, 0.2) is 5.96 Å². The van der Waals surface area contributed by atoms with Crippen molar-refractivity contribution in [1.82, 2.24) is 25.4 Å². The summed E-state index contributed by atoms with van der Waals surface area (Å²) >= 11 is 0. The van der Waals surface area contributed by atoms with E-state index in [0.717, 1.165) is 23.3 Å². The van der Waals surface area contributed by atoms with E-state index in [0.29, 0.717) is 31.2 Å². The first-order valence-corrected chi connectivity index (χ1v) is 9.52. The third kappa shape index (κ3) is 6.33. The van der Waals surface area contributed by atoms with E-state index in [1.54, 1.807) is 17.1 Å². The van der Waals surface area contributed by atoms with Crippen molar-refractivity contribution in [3.8, 4) is 0 Å². The van der Waals surface area contributed by atoms with E-state index in [2.05, 4.69) is 25.7 Å². The van der Waals surface area contributed by atoms with E-state index in [1.165, 1.54) is 12.4 Å². The van der Waals surface area contributed by atoms with Crippen LogP contribution in [-0.2, 0) is 25.8 Å². The molecule has 0 atom stereocenters. The average Bonchev–Trinajstić information content (AvgIpc) is 3.23. The monoisotopic (exact) mass is 416 g/mol. The molecule has 0 fully saturated rings. The number of rotatable bonds is 7. The first-order chi connectivity index (χ1) is 14.4. The number of hydrogen-bond acceptors (Lipinski definition) is 3. The SMILES string of the molecule is CCNC(=NCc1cccc(Cn2cncn2)c1)NCc1cccc(C(F)(F)F)c1. The van der Waals surface area contributed by atoms with Crippen LogP contribution in [0.3, 0.4) is 0 Å². The smallest absolute Gasteiger partial charge is 0.357 e. The zero-order valence-corrected chi connectivity index (χ0v) is 16.5. The zero-order valence-electron chi connectivity index (χ0n) is 16.5. The molecule has 3 aromatic rings. The van der Waals surface area contributed by atoms with Gasteiger partial charge in [-0.25, -0.2) is 14.7 Å². The molecule has 2 N–H and O–H groups in total. The van der Waals surface area contributed by atoms with Crippen LogP contribution in [0.15, 0.2) is 66.2 Å². The summed E-state index contributed by atoms with van der Waals surface area (Å²) in [6.45, 7) is 3.86. The second-order valence-electron chi connectivity index (χ2n) is 6.66. The molecule has 0 spiro atoms. The van der Waals surface area contributed by atoms with Crippen molar-refractivity contribution in [2.45, 2.75) is 32.7 Å². The predicted octanol–water partition coefficient (Wildman–Crippen LogP) is 3.60. The van der Waals surface area contributed by atoms with Crippen LogP contribution < -0.4 is 10.6 Å². The summed E-state index contributed by atoms with van der Waals surface area (Å²) in [6.07, 6.45) is -1.20. The summed E-state index contributed by atoms with van der Waals surface area (Å²) in [6, 6.07) is 13.3. The fourth-order valence-corrected chi connectivity index (χ4v) is 2.88. The predicted molar refractivity (Wildman–Crippen MR) is 109 cm³/mol. The standard InChI is InChI=1S/C21H23F3N6/c1-2-26-20(28-12-17-6-4-8-19(10-17)21(22,23)24)27-11-16-5-3-7-18(9-16)13-30-15-25-14-29-30/h3-10,14-15H,2,11-13H2,1H3,(H2,26,27,28). The van der Waals surface area contributed by atoms with Gasteiger partial charge < -0.3 is 10.6 Å². The fraction of sp³-hybridized carbons (Fsp3) is 0.286. The molecule has 158 valence electrons. The molecule has 0 unspecified atom stereocenters. The number of halogens is 3. The summed E-state index contributed by atoms with van der Waals surface area (Å²) in [5, 5.41) is 10.3. The number of nitrogens with zero attached hydrogens (tertiary/aromatic N) is 4. The fourth-order valence-electron chi connectivity index (χ4n) is 2.88. The highest BCUT2D eigenvalue weighted by Crippen LogP contribution is 2.29. The number of benzene rings is 2. The van der Waals surface area contributed by atoms with Crippen molar-refractivity contribution >= 4 is 5.96 Å². The number of alkyl halides is 3. The van der Waals surface area contributed by atoms with E-state index in [1.807, 2.05) is 31.2 Å². The Labute approximate surface area is 172 Å². The van der Waals surface area contributed by atoms with Crippen molar-refractivity contribution in [1.29, 1.82) is 0 Å². The van der Waals surface area contributed by atoms with Crippen molar-refractivity contribution in [2.75, 3.05) is 6.54 Å². The molecule has 3 rings (SSSR count). The molecule has 1 heterocycles. The Morgan fingerprint density at radius 1 is 1.03 bits per heavy atom. The van der Waals surface area contributed by atoms with E-state index in [9.17, 15) is 13.2 Å². The van der Waals surface area contributed by atoms with E-state index >= 15 is 0 Å². The maximum Gasteiger partial charge on any atom is 0.416 e. The molecule has 0 saturated heterocycles. The summed E-state index contributed by atoms with van der Waals surface area (Å²) in [5.41, 5.74) is 1.97. The molecule has 9 heteroatoms. The lowest BCUT2D eigenvalue weighted by Crippen LogP contribution is -2.36. The Hall–Kier alpha value is -3.36. The molecule has 0 radical (unpaired) electrons. The third-order valence-electron chi connectivity index (χ3n) is 4.28. The Kier molecular flexibility index (Phi) is 7.05. The maximum absolute atomic E-state index is 12.9. The minimum Gasteiger partial charge on any atom is -0.357 e. The average molecular weight is 416 g/mol. The molecule has 0 saturated carbocycles. The van der Waals surface area contributed by atoms with Crippen LogP contribution in [0.1, 0.15) is 29.2 Å². The first-order valence-electron chi connectivity index (χ1n) is 9.52. The van der Waals surface area contributed by atoms with Crippen molar-refractivity contribution in [3.63, 3.8) is 0 Å². The van der Waals surface area contributed by atoms with Crippen LogP contribution in [-0.4, -0.2) is 27.3 Å². The molecular formula is C21H23F3N6. The number of nitrogens with one attached hydrogen (secondary N) is 2. The van der Waals surface area contributed by atoms with Gasteiger partial charge in [0.25, 0.3) is 0 Å². The van der Waals surface area contributed by atoms with Gasteiger partial charge in [0.1, 0.15) is 12.7 Å². The summed E-state index contributed by atoms with van der Waals surface area (Å²) in [5.74, 6) is 0.539. The number of aliphatic imine (C=N–C) groups is 1. The van der Waals surface area contributed by atoms with Gasteiger partial charge in [0, 0.05) is 13.1 Å². The third-order valence-corrected chi connectivity index (χ3v) is 4.28. The quantitative estimate of drug-likeness (QED) is 0.456. The van der Waals surface area contributed by atoms with Gasteiger partial charge in [-0.2, -0.15) is 18.3 Å². The number of aromatic nitrogens is 3. The van der Waals surface area contributed by atoms with Gasteiger partial charge in [-0.05, 0) is 35.7 Å². The lowest BCUT2D eigenvalue weighted by Gasteiger charge is -2.13. The van der Waals surface area contributed by atoms with Crippen molar-refractivity contribution in [2.24, 2.45) is 4.99 Å². The van der Waals surface area contributed by atoms with E-state index < -0.39 is 11.7 Å². The summed E-state index contributed by atoms with van der Waals surface area (Å²) < 4.78 is 40.4. The van der Waals surface area contributed by atoms with Crippen LogP contribution in [0.4, 0.5) is 13.2 Å². The van der Waals surface area contributed by atoms with Gasteiger partial charge in [-0.15, -0.1) is 0 Å². The van der Waals surface area contributed by atoms with Gasteiger partial charge in [0.2, 0.25) is 0 Å². The highest BCUT2D eigenvalue weighted by atomic mass is 19.4. The first kappa shape index (κ1) is 21.4. The minimum absolute atomic E-state index is 0.238. The molecule has 6 nitrogen and oxygen atoms in total. The molecule has 0 bridgehead atoms. The van der Waals surface area contributed by atoms with Crippen LogP contribution >= 0.6 is 0 Å². The van der Waals surface area contributed by atoms with E-state index in [4.69, 9.17) is 0 Å². The molecule has 0 aliphatic rings. The second kappa shape index (κ2) is 9.91. The van der Waals surface area contributed by atoms with Crippen molar-refractivity contribution in [3.05, 3.63) is 83.4 Å². The van der Waals surface area contributed by atoms with Crippen molar-refractivity contribution < 1.29 is 13.2 Å². The van der Waals surface area contributed by atoms with Crippen LogP contribution in [0.25, 0.3) is 0 Å². The zero-order chi connectivity index (χ0) is 21.4. The van der Waals surface area contributed by atoms with Crippen LogP contribution in [0.5, 0.6) is 0 Å². The molecule has 0 aliphatic carbocycles. The highest BCUT2D eigenvalue weighted by Gasteiger charge is 2.30. The molecule has 1 aromatic heterocycles. The molecule has 0 aliphatic heterocycles. The molecular weight excluding hydrogens is 393 g/mol. The van der Waals surface area contributed by atoms with E-state index in [-0.39, 0.29) is 6.54 Å². The summed E-state index contributed by atoms with van der Waals surface area (Å²) in [7, 11) is 0. The number of guanidine groups is 1. The van der Waals surface area contributed by atoms with Gasteiger partial charge in [-0.1, -0.05) is 36.4 Å².